The van der Waals surface area contributed by atoms with Crippen molar-refractivity contribution in [3.8, 4) is 0 Å². The summed E-state index contributed by atoms with van der Waals surface area (Å²) in [6.07, 6.45) is 0. The van der Waals surface area contributed by atoms with Crippen molar-refractivity contribution in [2.24, 2.45) is 0 Å². The number of carboxylic acid groups (broad SMARTS) is 1. The molecule has 0 saturated carbocycles. The molecule has 0 aliphatic carbocycles. The molecule has 7 nitrogen and oxygen atoms in total. The summed E-state index contributed by atoms with van der Waals surface area (Å²) >= 11 is 3.33. The molecular formula is C13H16BrN3O4. The molecule has 0 heterocycles. The lowest BCUT2D eigenvalue weighted by Gasteiger charge is -2.15. The highest BCUT2D eigenvalue weighted by Gasteiger charge is 2.10. The Morgan fingerprint density at radius 2 is 1.76 bits per heavy atom. The smallest absolute Gasteiger partial charge is 0.322 e. The number of halogens is 1. The van der Waals surface area contributed by atoms with E-state index in [2.05, 4.69) is 31.9 Å². The number of hydrogen-bond acceptors (Lipinski definition) is 3. The number of aliphatic carboxylic acids is 1. The van der Waals surface area contributed by atoms with Crippen molar-refractivity contribution in [1.82, 2.24) is 16.0 Å². The number of carbonyl (C=O) groups is 3. The second-order valence-electron chi connectivity index (χ2n) is 4.27. The van der Waals surface area contributed by atoms with Crippen LogP contribution >= 0.6 is 15.9 Å². The molecule has 0 radical (unpaired) electrons. The van der Waals surface area contributed by atoms with Crippen LogP contribution in [0.2, 0.25) is 0 Å². The van der Waals surface area contributed by atoms with E-state index in [9.17, 15) is 14.4 Å². The highest BCUT2D eigenvalue weighted by molar-refractivity contribution is 9.10. The molecule has 8 heteroatoms. The molecule has 0 bridgehead atoms. The number of rotatable bonds is 6. The lowest BCUT2D eigenvalue weighted by atomic mass is 10.1. The van der Waals surface area contributed by atoms with Gasteiger partial charge in [-0.25, -0.2) is 4.79 Å². The minimum atomic E-state index is -1.14. The first-order chi connectivity index (χ1) is 9.88. The van der Waals surface area contributed by atoms with E-state index in [-0.39, 0.29) is 12.6 Å². The second kappa shape index (κ2) is 8.25. The number of carbonyl (C=O) groups excluding carboxylic acids is 2. The number of urea groups is 1. The van der Waals surface area contributed by atoms with Gasteiger partial charge in [-0.2, -0.15) is 0 Å². The molecule has 1 unspecified atom stereocenters. The van der Waals surface area contributed by atoms with Crippen LogP contribution in [0.25, 0.3) is 0 Å². The maximum atomic E-state index is 11.6. The first kappa shape index (κ1) is 17.0. The number of amides is 3. The largest absolute Gasteiger partial charge is 0.480 e. The molecule has 114 valence electrons. The van der Waals surface area contributed by atoms with Gasteiger partial charge in [0.2, 0.25) is 5.91 Å². The molecule has 0 spiro atoms. The van der Waals surface area contributed by atoms with Gasteiger partial charge in [0.05, 0.1) is 12.6 Å². The van der Waals surface area contributed by atoms with E-state index in [1.54, 1.807) is 0 Å². The Balaban J connectivity index is 2.34. The van der Waals surface area contributed by atoms with Gasteiger partial charge in [0.15, 0.2) is 0 Å². The van der Waals surface area contributed by atoms with Gasteiger partial charge < -0.3 is 21.1 Å². The first-order valence-corrected chi connectivity index (χ1v) is 6.96. The van der Waals surface area contributed by atoms with Gasteiger partial charge in [0.25, 0.3) is 0 Å². The van der Waals surface area contributed by atoms with E-state index in [0.29, 0.717) is 0 Å². The zero-order valence-corrected chi connectivity index (χ0v) is 12.9. The Morgan fingerprint density at radius 3 is 2.33 bits per heavy atom. The molecule has 0 aromatic heterocycles. The molecule has 3 amide bonds. The van der Waals surface area contributed by atoms with Crippen molar-refractivity contribution < 1.29 is 19.5 Å². The molecule has 0 aliphatic heterocycles. The molecule has 0 fully saturated rings. The summed E-state index contributed by atoms with van der Waals surface area (Å²) in [7, 11) is 0. The summed E-state index contributed by atoms with van der Waals surface area (Å²) in [6.45, 7) is 1.05. The molecule has 1 rings (SSSR count). The summed E-state index contributed by atoms with van der Waals surface area (Å²) in [5.41, 5.74) is 0.920. The van der Waals surface area contributed by atoms with E-state index < -0.39 is 24.5 Å². The minimum absolute atomic E-state index is 0.222. The Morgan fingerprint density at radius 1 is 1.14 bits per heavy atom. The van der Waals surface area contributed by atoms with Crippen LogP contribution in [0.15, 0.2) is 28.7 Å². The Labute approximate surface area is 130 Å². The van der Waals surface area contributed by atoms with Crippen LogP contribution in [0.3, 0.4) is 0 Å². The average molecular weight is 358 g/mol. The number of carboxylic acids is 1. The summed E-state index contributed by atoms with van der Waals surface area (Å²) in [5, 5.41) is 15.6. The van der Waals surface area contributed by atoms with Gasteiger partial charge in [-0.1, -0.05) is 28.1 Å². The minimum Gasteiger partial charge on any atom is -0.480 e. The maximum absolute atomic E-state index is 11.6. The molecule has 1 aromatic rings. The summed E-state index contributed by atoms with van der Waals surface area (Å²) in [4.78, 5) is 33.1. The quantitative estimate of drug-likeness (QED) is 0.609. The summed E-state index contributed by atoms with van der Waals surface area (Å²) < 4.78 is 0.943. The van der Waals surface area contributed by atoms with Crippen molar-refractivity contribution in [2.75, 3.05) is 13.1 Å². The second-order valence-corrected chi connectivity index (χ2v) is 5.19. The lowest BCUT2D eigenvalue weighted by molar-refractivity contribution is -0.137. The first-order valence-electron chi connectivity index (χ1n) is 6.17. The fraction of sp³-hybridized carbons (Fsp3) is 0.308. The van der Waals surface area contributed by atoms with Crippen LogP contribution < -0.4 is 16.0 Å². The van der Waals surface area contributed by atoms with Gasteiger partial charge >= 0.3 is 12.0 Å². The number of hydrogen-bond donors (Lipinski definition) is 4. The zero-order valence-electron chi connectivity index (χ0n) is 11.4. The Kier molecular flexibility index (Phi) is 6.67. The monoisotopic (exact) mass is 357 g/mol. The van der Waals surface area contributed by atoms with Crippen LogP contribution in [0.5, 0.6) is 0 Å². The van der Waals surface area contributed by atoms with E-state index >= 15 is 0 Å². The van der Waals surface area contributed by atoms with Crippen LogP contribution in [-0.2, 0) is 9.59 Å². The third kappa shape index (κ3) is 6.75. The highest BCUT2D eigenvalue weighted by atomic mass is 79.9. The fourth-order valence-corrected chi connectivity index (χ4v) is 1.74. The van der Waals surface area contributed by atoms with E-state index in [0.717, 1.165) is 10.0 Å². The Bertz CT molecular complexity index is 519. The predicted molar refractivity (Wildman–Crippen MR) is 79.7 cm³/mol. The highest BCUT2D eigenvalue weighted by Crippen LogP contribution is 2.16. The van der Waals surface area contributed by atoms with E-state index in [1.807, 2.05) is 31.2 Å². The third-order valence-electron chi connectivity index (χ3n) is 2.56. The molecule has 1 aromatic carbocycles. The SMILES string of the molecule is CC(NC(=O)NCC(=O)NCC(=O)O)c1ccc(Br)cc1. The van der Waals surface area contributed by atoms with Crippen molar-refractivity contribution in [3.63, 3.8) is 0 Å². The maximum Gasteiger partial charge on any atom is 0.322 e. The fourth-order valence-electron chi connectivity index (χ4n) is 1.48. The standard InChI is InChI=1S/C13H16BrN3O4/c1-8(9-2-4-10(14)5-3-9)17-13(21)16-6-11(18)15-7-12(19)20/h2-5,8H,6-7H2,1H3,(H,15,18)(H,19,20)(H2,16,17,21). The van der Waals surface area contributed by atoms with Crippen LogP contribution in [0, 0.1) is 0 Å². The predicted octanol–water partition coefficient (Wildman–Crippen LogP) is 1.01. The zero-order chi connectivity index (χ0) is 15.8. The van der Waals surface area contributed by atoms with Crippen LogP contribution in [0.4, 0.5) is 4.79 Å². The molecule has 1 atom stereocenters. The van der Waals surface area contributed by atoms with Gasteiger partial charge in [-0.3, -0.25) is 9.59 Å². The van der Waals surface area contributed by atoms with E-state index in [4.69, 9.17) is 5.11 Å². The Hall–Kier alpha value is -2.09. The van der Waals surface area contributed by atoms with E-state index in [1.165, 1.54) is 0 Å². The molecule has 0 saturated heterocycles. The molecule has 4 N–H and O–H groups in total. The van der Waals surface area contributed by atoms with Gasteiger partial charge in [-0.05, 0) is 24.6 Å². The van der Waals surface area contributed by atoms with Crippen LogP contribution in [0.1, 0.15) is 18.5 Å². The molecular weight excluding hydrogens is 342 g/mol. The number of benzene rings is 1. The van der Waals surface area contributed by atoms with Gasteiger partial charge in [0.1, 0.15) is 6.54 Å². The number of nitrogens with one attached hydrogen (secondary N) is 3. The molecule has 21 heavy (non-hydrogen) atoms. The van der Waals surface area contributed by atoms with Crippen LogP contribution in [-0.4, -0.2) is 36.1 Å². The van der Waals surface area contributed by atoms with Crippen molar-refractivity contribution >= 4 is 33.8 Å². The van der Waals surface area contributed by atoms with Gasteiger partial charge in [-0.15, -0.1) is 0 Å². The summed E-state index contributed by atoms with van der Waals surface area (Å²) in [6, 6.07) is 6.75. The third-order valence-corrected chi connectivity index (χ3v) is 3.09. The topological polar surface area (TPSA) is 108 Å². The normalized spacial score (nSPS) is 11.3. The summed E-state index contributed by atoms with van der Waals surface area (Å²) in [5.74, 6) is -1.71. The van der Waals surface area contributed by atoms with Crippen molar-refractivity contribution in [3.05, 3.63) is 34.3 Å². The lowest BCUT2D eigenvalue weighted by Crippen LogP contribution is -2.43. The molecule has 0 aliphatic rings. The van der Waals surface area contributed by atoms with Crippen molar-refractivity contribution in [2.45, 2.75) is 13.0 Å². The van der Waals surface area contributed by atoms with Gasteiger partial charge in [0, 0.05) is 4.47 Å². The average Bonchev–Trinajstić information content (AvgIpc) is 2.43. The van der Waals surface area contributed by atoms with Crippen molar-refractivity contribution in [1.29, 1.82) is 0 Å².